The normalized spacial score (nSPS) is 10.3. The van der Waals surface area contributed by atoms with Gasteiger partial charge in [0, 0.05) is 24.7 Å². The number of thiazole rings is 1. The molecule has 0 unspecified atom stereocenters. The third-order valence-corrected chi connectivity index (χ3v) is 4.75. The summed E-state index contributed by atoms with van der Waals surface area (Å²) < 4.78 is 5.00. The summed E-state index contributed by atoms with van der Waals surface area (Å²) in [6.07, 6.45) is 0. The van der Waals surface area contributed by atoms with Crippen LogP contribution in [0.15, 0.2) is 24.3 Å². The number of hydrogen-bond acceptors (Lipinski definition) is 6. The number of benzene rings is 1. The van der Waals surface area contributed by atoms with Gasteiger partial charge in [-0.25, -0.2) is 9.78 Å². The first-order valence-electron chi connectivity index (χ1n) is 7.65. The molecule has 0 radical (unpaired) electrons. The molecule has 0 fully saturated rings. The van der Waals surface area contributed by atoms with Gasteiger partial charge in [-0.1, -0.05) is 23.7 Å². The van der Waals surface area contributed by atoms with Gasteiger partial charge in [0.2, 0.25) is 5.91 Å². The molecule has 7 nitrogen and oxygen atoms in total. The molecule has 0 saturated heterocycles. The van der Waals surface area contributed by atoms with Gasteiger partial charge >= 0.3 is 5.97 Å². The fourth-order valence-corrected chi connectivity index (χ4v) is 3.06. The fourth-order valence-electron chi connectivity index (χ4n) is 1.91. The third kappa shape index (κ3) is 5.27. The highest BCUT2D eigenvalue weighted by molar-refractivity contribution is 7.17. The smallest absolute Gasteiger partial charge is 0.350 e. The van der Waals surface area contributed by atoms with E-state index in [1.165, 1.54) is 16.2 Å². The van der Waals surface area contributed by atoms with Crippen molar-refractivity contribution in [3.63, 3.8) is 0 Å². The number of likely N-dealkylation sites (N-methyl/N-ethyl adjacent to an activating group) is 1. The molecule has 0 aliphatic carbocycles. The number of halogens is 1. The summed E-state index contributed by atoms with van der Waals surface area (Å²) in [6.45, 7) is 1.07. The number of carbonyl (C=O) groups excluding carboxylic acids is 3. The molecule has 9 heteroatoms. The molecule has 0 atom stereocenters. The maximum Gasteiger partial charge on any atom is 0.350 e. The van der Waals surface area contributed by atoms with Crippen molar-refractivity contribution < 1.29 is 19.1 Å². The van der Waals surface area contributed by atoms with Crippen LogP contribution in [0.25, 0.3) is 10.6 Å². The maximum atomic E-state index is 12.2. The standard InChI is InChI=1S/C17H18ClN3O4S/c1-10-15(26-16(20-10)11-5-4-6-12(18)7-11)17(24)25-9-13(22)19-8-14(23)21(2)3/h4-7H,8-9H2,1-3H3,(H,19,22). The maximum absolute atomic E-state index is 12.2. The molecule has 1 heterocycles. The van der Waals surface area contributed by atoms with Gasteiger partial charge in [-0.15, -0.1) is 11.3 Å². The minimum absolute atomic E-state index is 0.151. The van der Waals surface area contributed by atoms with E-state index in [2.05, 4.69) is 10.3 Å². The zero-order valence-electron chi connectivity index (χ0n) is 14.5. The number of hydrogen-bond donors (Lipinski definition) is 1. The molecule has 0 spiro atoms. The Morgan fingerprint density at radius 1 is 1.31 bits per heavy atom. The van der Waals surface area contributed by atoms with Crippen molar-refractivity contribution in [1.29, 1.82) is 0 Å². The molecule has 138 valence electrons. The summed E-state index contributed by atoms with van der Waals surface area (Å²) in [5.74, 6) is -1.44. The zero-order chi connectivity index (χ0) is 19.3. The molecule has 1 aromatic heterocycles. The summed E-state index contributed by atoms with van der Waals surface area (Å²) >= 11 is 7.14. The number of aryl methyl sites for hydroxylation is 1. The quantitative estimate of drug-likeness (QED) is 0.757. The first-order valence-corrected chi connectivity index (χ1v) is 8.84. The minimum atomic E-state index is -0.637. The lowest BCUT2D eigenvalue weighted by molar-refractivity contribution is -0.131. The predicted octanol–water partition coefficient (Wildman–Crippen LogP) is 2.13. The van der Waals surface area contributed by atoms with E-state index in [0.717, 1.165) is 5.56 Å². The third-order valence-electron chi connectivity index (χ3n) is 3.32. The highest BCUT2D eigenvalue weighted by Gasteiger charge is 2.19. The Bertz CT molecular complexity index is 835. The number of rotatable bonds is 6. The topological polar surface area (TPSA) is 88.6 Å². The van der Waals surface area contributed by atoms with Crippen molar-refractivity contribution in [2.75, 3.05) is 27.2 Å². The SMILES string of the molecule is Cc1nc(-c2cccc(Cl)c2)sc1C(=O)OCC(=O)NCC(=O)N(C)C. The van der Waals surface area contributed by atoms with Crippen LogP contribution in [-0.2, 0) is 14.3 Å². The molecule has 1 aromatic carbocycles. The predicted molar refractivity (Wildman–Crippen MR) is 99.3 cm³/mol. The highest BCUT2D eigenvalue weighted by Crippen LogP contribution is 2.29. The van der Waals surface area contributed by atoms with Crippen LogP contribution in [0.3, 0.4) is 0 Å². The number of carbonyl (C=O) groups is 3. The van der Waals surface area contributed by atoms with E-state index in [-0.39, 0.29) is 12.5 Å². The molecule has 0 bridgehead atoms. The van der Waals surface area contributed by atoms with Crippen LogP contribution < -0.4 is 5.32 Å². The van der Waals surface area contributed by atoms with Crippen molar-refractivity contribution >= 4 is 40.7 Å². The van der Waals surface area contributed by atoms with E-state index >= 15 is 0 Å². The van der Waals surface area contributed by atoms with E-state index in [4.69, 9.17) is 16.3 Å². The van der Waals surface area contributed by atoms with Crippen molar-refractivity contribution in [3.8, 4) is 10.6 Å². The minimum Gasteiger partial charge on any atom is -0.451 e. The van der Waals surface area contributed by atoms with Gasteiger partial charge < -0.3 is 15.0 Å². The second-order valence-electron chi connectivity index (χ2n) is 5.58. The van der Waals surface area contributed by atoms with Crippen LogP contribution in [0.1, 0.15) is 15.4 Å². The van der Waals surface area contributed by atoms with Crippen molar-refractivity contribution in [1.82, 2.24) is 15.2 Å². The average Bonchev–Trinajstić information content (AvgIpc) is 2.99. The van der Waals surface area contributed by atoms with E-state index in [0.29, 0.717) is 20.6 Å². The largest absolute Gasteiger partial charge is 0.451 e. The van der Waals surface area contributed by atoms with E-state index in [9.17, 15) is 14.4 Å². The number of nitrogens with zero attached hydrogens (tertiary/aromatic N) is 2. The first kappa shape index (κ1) is 19.9. The molecular formula is C17H18ClN3O4S. The average molecular weight is 396 g/mol. The number of amides is 2. The van der Waals surface area contributed by atoms with Crippen LogP contribution in [0.2, 0.25) is 5.02 Å². The van der Waals surface area contributed by atoms with Crippen LogP contribution in [0.5, 0.6) is 0 Å². The van der Waals surface area contributed by atoms with E-state index in [1.54, 1.807) is 39.2 Å². The number of aromatic nitrogens is 1. The molecule has 0 aliphatic rings. The second kappa shape index (κ2) is 8.77. The number of ether oxygens (including phenoxy) is 1. The molecule has 0 saturated carbocycles. The molecule has 2 rings (SSSR count). The van der Waals surface area contributed by atoms with Gasteiger partial charge in [0.05, 0.1) is 12.2 Å². The van der Waals surface area contributed by atoms with Gasteiger partial charge in [0.1, 0.15) is 9.88 Å². The number of nitrogens with one attached hydrogen (secondary N) is 1. The Balaban J connectivity index is 1.96. The zero-order valence-corrected chi connectivity index (χ0v) is 16.1. The summed E-state index contributed by atoms with van der Waals surface area (Å²) in [6, 6.07) is 7.14. The number of esters is 1. The Kier molecular flexibility index (Phi) is 6.70. The molecule has 2 aromatic rings. The lowest BCUT2D eigenvalue weighted by atomic mass is 10.2. The van der Waals surface area contributed by atoms with Gasteiger partial charge in [0.25, 0.3) is 5.91 Å². The first-order chi connectivity index (χ1) is 12.3. The summed E-state index contributed by atoms with van der Waals surface area (Å²) in [7, 11) is 3.16. The van der Waals surface area contributed by atoms with Crippen LogP contribution >= 0.6 is 22.9 Å². The van der Waals surface area contributed by atoms with E-state index < -0.39 is 18.5 Å². The second-order valence-corrected chi connectivity index (χ2v) is 7.02. The van der Waals surface area contributed by atoms with Gasteiger partial charge in [-0.2, -0.15) is 0 Å². The Hall–Kier alpha value is -2.45. The Morgan fingerprint density at radius 2 is 2.04 bits per heavy atom. The molecule has 1 N–H and O–H groups in total. The van der Waals surface area contributed by atoms with Crippen LogP contribution in [-0.4, -0.2) is 54.9 Å². The molecule has 0 aliphatic heterocycles. The van der Waals surface area contributed by atoms with Gasteiger partial charge in [-0.3, -0.25) is 9.59 Å². The van der Waals surface area contributed by atoms with Crippen molar-refractivity contribution in [2.45, 2.75) is 6.92 Å². The molecule has 2 amide bonds. The summed E-state index contributed by atoms with van der Waals surface area (Å²) in [5, 5.41) is 3.60. The lowest BCUT2D eigenvalue weighted by Crippen LogP contribution is -2.38. The van der Waals surface area contributed by atoms with Gasteiger partial charge in [-0.05, 0) is 19.1 Å². The molecule has 26 heavy (non-hydrogen) atoms. The van der Waals surface area contributed by atoms with Crippen LogP contribution in [0, 0.1) is 6.92 Å². The van der Waals surface area contributed by atoms with Crippen molar-refractivity contribution in [2.24, 2.45) is 0 Å². The Labute approximate surface area is 159 Å². The highest BCUT2D eigenvalue weighted by atomic mass is 35.5. The Morgan fingerprint density at radius 3 is 2.69 bits per heavy atom. The summed E-state index contributed by atoms with van der Waals surface area (Å²) in [5.41, 5.74) is 1.31. The summed E-state index contributed by atoms with van der Waals surface area (Å²) in [4.78, 5) is 41.3. The monoisotopic (exact) mass is 395 g/mol. The molecular weight excluding hydrogens is 378 g/mol. The van der Waals surface area contributed by atoms with Gasteiger partial charge in [0.15, 0.2) is 6.61 Å². The van der Waals surface area contributed by atoms with Crippen molar-refractivity contribution in [3.05, 3.63) is 39.9 Å². The van der Waals surface area contributed by atoms with Crippen LogP contribution in [0.4, 0.5) is 0 Å². The fraction of sp³-hybridized carbons (Fsp3) is 0.294. The van der Waals surface area contributed by atoms with E-state index in [1.807, 2.05) is 6.07 Å². The lowest BCUT2D eigenvalue weighted by Gasteiger charge is -2.10.